The van der Waals surface area contributed by atoms with Gasteiger partial charge in [0, 0.05) is 10.7 Å². The van der Waals surface area contributed by atoms with Crippen LogP contribution >= 0.6 is 23.5 Å². The molecule has 0 saturated carbocycles. The first-order chi connectivity index (χ1) is 15.8. The van der Waals surface area contributed by atoms with Gasteiger partial charge in [0.25, 0.3) is 5.69 Å². The summed E-state index contributed by atoms with van der Waals surface area (Å²) in [6.07, 6.45) is 4.05. The second-order valence-electron chi connectivity index (χ2n) is 7.30. The zero-order valence-electron chi connectivity index (χ0n) is 17.9. The normalized spacial score (nSPS) is 24.3. The van der Waals surface area contributed by atoms with E-state index in [4.69, 9.17) is 14.2 Å². The highest BCUT2D eigenvalue weighted by Crippen LogP contribution is 2.42. The number of carbonyl (C=O) groups is 2. The lowest BCUT2D eigenvalue weighted by molar-refractivity contribution is -0.386. The van der Waals surface area contributed by atoms with Crippen LogP contribution in [0.1, 0.15) is 18.6 Å². The van der Waals surface area contributed by atoms with Crippen LogP contribution in [0.25, 0.3) is 0 Å². The fourth-order valence-electron chi connectivity index (χ4n) is 3.53. The van der Waals surface area contributed by atoms with Crippen molar-refractivity contribution in [1.82, 2.24) is 10.6 Å². The van der Waals surface area contributed by atoms with Gasteiger partial charge in [-0.3, -0.25) is 14.9 Å². The minimum Gasteiger partial charge on any atom is -0.493 e. The number of nitrogens with zero attached hydrogens (tertiary/aromatic N) is 1. The van der Waals surface area contributed by atoms with Crippen LogP contribution in [0, 0.1) is 10.1 Å². The number of ether oxygens (including phenoxy) is 3. The molecule has 174 valence electrons. The van der Waals surface area contributed by atoms with Crippen molar-refractivity contribution in [1.29, 1.82) is 0 Å². The number of methoxy groups -OCH3 is 2. The molecule has 0 amide bonds. The van der Waals surface area contributed by atoms with E-state index in [9.17, 15) is 19.7 Å². The number of carbonyl (C=O) groups excluding carboxylic acids is 2. The maximum absolute atomic E-state index is 12.8. The molecule has 0 aromatic heterocycles. The number of allylic oxidation sites excluding steroid dienone is 2. The Morgan fingerprint density at radius 2 is 1.94 bits per heavy atom. The molecular weight excluding hydrogens is 470 g/mol. The number of nitrogens with one attached hydrogen (secondary N) is 2. The van der Waals surface area contributed by atoms with Crippen LogP contribution in [0.2, 0.25) is 0 Å². The molecule has 12 heteroatoms. The molecule has 0 bridgehead atoms. The van der Waals surface area contributed by atoms with E-state index < -0.39 is 23.0 Å². The minimum absolute atomic E-state index is 0.0470. The third-order valence-corrected chi connectivity index (χ3v) is 7.57. The van der Waals surface area contributed by atoms with E-state index >= 15 is 0 Å². The molecule has 2 aliphatic heterocycles. The molecular formula is C21H21N3O7S2. The summed E-state index contributed by atoms with van der Waals surface area (Å²) in [4.78, 5) is 36.3. The maximum atomic E-state index is 12.8. The molecule has 1 aliphatic carbocycles. The Balaban J connectivity index is 1.46. The van der Waals surface area contributed by atoms with Crippen molar-refractivity contribution in [3.8, 4) is 11.5 Å². The van der Waals surface area contributed by atoms with E-state index in [-0.39, 0.29) is 28.8 Å². The van der Waals surface area contributed by atoms with Crippen molar-refractivity contribution in [2.75, 3.05) is 20.0 Å². The van der Waals surface area contributed by atoms with E-state index in [1.807, 2.05) is 0 Å². The molecule has 4 rings (SSSR count). The number of hydrogen-bond donors (Lipinski definition) is 2. The number of fused-ring (bicyclic) bond motifs is 1. The predicted molar refractivity (Wildman–Crippen MR) is 124 cm³/mol. The van der Waals surface area contributed by atoms with Gasteiger partial charge in [0.1, 0.15) is 17.2 Å². The first-order valence-corrected chi connectivity index (χ1v) is 11.7. The standard InChI is InChI=1S/C21H21N3O7S2/c1-10(12-7-16(29-2)17(30-3)8-15(12)24(27)28)31-21(26)14-9-32-19(23-14)20-22-13-5-4-11(25)6-18(13)33-20/h4-8,10,13-14,22-23H,9H2,1-3H3. The van der Waals surface area contributed by atoms with Gasteiger partial charge in [0.15, 0.2) is 17.3 Å². The summed E-state index contributed by atoms with van der Waals surface area (Å²) in [6, 6.07) is 2.04. The van der Waals surface area contributed by atoms with Gasteiger partial charge in [0.2, 0.25) is 0 Å². The lowest BCUT2D eigenvalue weighted by Crippen LogP contribution is -2.35. The Morgan fingerprint density at radius 3 is 2.64 bits per heavy atom. The number of ketones is 1. The molecule has 33 heavy (non-hydrogen) atoms. The third kappa shape index (κ3) is 4.67. The third-order valence-electron chi connectivity index (χ3n) is 5.20. The van der Waals surface area contributed by atoms with Crippen LogP contribution in [-0.2, 0) is 14.3 Å². The number of benzene rings is 1. The fourth-order valence-corrected chi connectivity index (χ4v) is 5.81. The van der Waals surface area contributed by atoms with E-state index in [1.54, 1.807) is 19.1 Å². The van der Waals surface area contributed by atoms with Crippen LogP contribution in [0.15, 0.2) is 45.3 Å². The highest BCUT2D eigenvalue weighted by Gasteiger charge is 2.35. The molecule has 2 fully saturated rings. The number of thioether (sulfide) groups is 2. The van der Waals surface area contributed by atoms with Gasteiger partial charge in [-0.05, 0) is 25.1 Å². The molecule has 1 aromatic carbocycles. The van der Waals surface area contributed by atoms with Gasteiger partial charge in [0.05, 0.1) is 41.8 Å². The molecule has 2 saturated heterocycles. The van der Waals surface area contributed by atoms with Crippen molar-refractivity contribution in [2.45, 2.75) is 25.1 Å². The van der Waals surface area contributed by atoms with Gasteiger partial charge in [-0.2, -0.15) is 0 Å². The van der Waals surface area contributed by atoms with Gasteiger partial charge in [-0.1, -0.05) is 17.8 Å². The molecule has 2 heterocycles. The summed E-state index contributed by atoms with van der Waals surface area (Å²) in [5.74, 6) is 0.387. The number of esters is 1. The monoisotopic (exact) mass is 491 g/mol. The summed E-state index contributed by atoms with van der Waals surface area (Å²) in [5.41, 5.74) is -0.0229. The van der Waals surface area contributed by atoms with Crippen LogP contribution in [0.3, 0.4) is 0 Å². The Bertz CT molecular complexity index is 1120. The quantitative estimate of drug-likeness (QED) is 0.346. The number of nitro benzene ring substituents is 1. The summed E-state index contributed by atoms with van der Waals surface area (Å²) in [5, 5.41) is 19.7. The Labute approximate surface area is 197 Å². The van der Waals surface area contributed by atoms with Gasteiger partial charge in [-0.25, -0.2) is 4.79 Å². The van der Waals surface area contributed by atoms with Crippen LogP contribution in [-0.4, -0.2) is 48.7 Å². The molecule has 3 atom stereocenters. The van der Waals surface area contributed by atoms with Gasteiger partial charge in [-0.15, -0.1) is 11.8 Å². The second-order valence-corrected chi connectivity index (χ2v) is 9.41. The predicted octanol–water partition coefficient (Wildman–Crippen LogP) is 2.78. The molecule has 3 unspecified atom stereocenters. The SMILES string of the molecule is COc1cc(C(C)OC(=O)C2CSC(=C3NC4C=CC(=O)C=C4S3)N2)c([N+](=O)[O-])cc1OC. The summed E-state index contributed by atoms with van der Waals surface area (Å²) in [7, 11) is 2.81. The molecule has 0 radical (unpaired) electrons. The van der Waals surface area contributed by atoms with Crippen LogP contribution in [0.4, 0.5) is 5.69 Å². The summed E-state index contributed by atoms with van der Waals surface area (Å²) in [6.45, 7) is 1.57. The van der Waals surface area contributed by atoms with Crippen LogP contribution < -0.4 is 20.1 Å². The van der Waals surface area contributed by atoms with E-state index in [0.717, 1.165) is 15.0 Å². The van der Waals surface area contributed by atoms with Crippen molar-refractivity contribution in [3.05, 3.63) is 61.0 Å². The maximum Gasteiger partial charge on any atom is 0.330 e. The first kappa shape index (κ1) is 23.1. The number of nitro groups is 1. The molecule has 1 aromatic rings. The van der Waals surface area contributed by atoms with Crippen LogP contribution in [0.5, 0.6) is 11.5 Å². The van der Waals surface area contributed by atoms with E-state index in [0.29, 0.717) is 11.5 Å². The van der Waals surface area contributed by atoms with Crippen molar-refractivity contribution >= 4 is 41.0 Å². The minimum atomic E-state index is -0.885. The van der Waals surface area contributed by atoms with Crippen molar-refractivity contribution < 1.29 is 28.7 Å². The van der Waals surface area contributed by atoms with Gasteiger partial charge >= 0.3 is 5.97 Å². The lowest BCUT2D eigenvalue weighted by atomic mass is 10.1. The topological polar surface area (TPSA) is 129 Å². The van der Waals surface area contributed by atoms with Gasteiger partial charge < -0.3 is 24.8 Å². The largest absolute Gasteiger partial charge is 0.493 e. The lowest BCUT2D eigenvalue weighted by Gasteiger charge is -2.18. The second kappa shape index (κ2) is 9.40. The highest BCUT2D eigenvalue weighted by atomic mass is 32.2. The van der Waals surface area contributed by atoms with Crippen molar-refractivity contribution in [2.24, 2.45) is 0 Å². The van der Waals surface area contributed by atoms with E-state index in [1.165, 1.54) is 56.0 Å². The zero-order valence-corrected chi connectivity index (χ0v) is 19.6. The Hall–Kier alpha value is -3.12. The molecule has 0 spiro atoms. The number of hydrogen-bond acceptors (Lipinski definition) is 11. The summed E-state index contributed by atoms with van der Waals surface area (Å²) >= 11 is 2.92. The molecule has 2 N–H and O–H groups in total. The average Bonchev–Trinajstić information content (AvgIpc) is 3.44. The molecule has 10 nitrogen and oxygen atoms in total. The highest BCUT2D eigenvalue weighted by molar-refractivity contribution is 8.09. The Kier molecular flexibility index (Phi) is 6.56. The number of rotatable bonds is 6. The first-order valence-electron chi connectivity index (χ1n) is 9.93. The smallest absolute Gasteiger partial charge is 0.330 e. The fraction of sp³-hybridized carbons (Fsp3) is 0.333. The Morgan fingerprint density at radius 1 is 1.21 bits per heavy atom. The zero-order chi connectivity index (χ0) is 23.7. The average molecular weight is 492 g/mol. The van der Waals surface area contributed by atoms with Crippen molar-refractivity contribution in [3.63, 3.8) is 0 Å². The summed E-state index contributed by atoms with van der Waals surface area (Å²) < 4.78 is 15.9. The molecule has 3 aliphatic rings. The van der Waals surface area contributed by atoms with E-state index in [2.05, 4.69) is 10.6 Å².